The van der Waals surface area contributed by atoms with Crippen LogP contribution < -0.4 is 4.74 Å². The molecule has 0 saturated heterocycles. The molecule has 2 rings (SSSR count). The second kappa shape index (κ2) is 4.87. The third kappa shape index (κ3) is 3.01. The Bertz CT molecular complexity index is 578. The van der Waals surface area contributed by atoms with Crippen molar-refractivity contribution in [3.8, 4) is 16.9 Å². The van der Waals surface area contributed by atoms with E-state index in [0.717, 1.165) is 6.07 Å². The molecule has 0 aliphatic carbocycles. The Hall–Kier alpha value is -2.11. The molecule has 0 aromatic heterocycles. The van der Waals surface area contributed by atoms with Crippen molar-refractivity contribution in [2.75, 3.05) is 0 Å². The smallest absolute Gasteiger partial charge is 0.405 e. The maximum absolute atomic E-state index is 13.7. The average Bonchev–Trinajstić information content (AvgIpc) is 2.34. The number of benzene rings is 2. The number of hydrogen-bond donors (Lipinski definition) is 0. The van der Waals surface area contributed by atoms with Crippen LogP contribution in [-0.4, -0.2) is 6.36 Å². The standard InChI is InChI=1S/C13H7F5O/c14-9-6-7-10(19-13(16,17)18)11(12(9)15)8-4-2-1-3-5-8/h1-7H. The molecule has 6 heteroatoms. The summed E-state index contributed by atoms with van der Waals surface area (Å²) in [5.41, 5.74) is -0.461. The minimum atomic E-state index is -4.98. The third-order valence-electron chi connectivity index (χ3n) is 2.34. The number of rotatable bonds is 2. The maximum Gasteiger partial charge on any atom is 0.573 e. The molecule has 2 aromatic carbocycles. The molecule has 0 amide bonds. The van der Waals surface area contributed by atoms with Crippen molar-refractivity contribution < 1.29 is 26.7 Å². The van der Waals surface area contributed by atoms with Crippen molar-refractivity contribution in [2.24, 2.45) is 0 Å². The van der Waals surface area contributed by atoms with Crippen LogP contribution in [-0.2, 0) is 0 Å². The molecule has 0 aliphatic heterocycles. The van der Waals surface area contributed by atoms with Crippen LogP contribution in [0, 0.1) is 11.6 Å². The molecular formula is C13H7F5O. The van der Waals surface area contributed by atoms with Gasteiger partial charge in [0.25, 0.3) is 0 Å². The zero-order chi connectivity index (χ0) is 14.0. The Labute approximate surface area is 105 Å². The molecule has 0 aliphatic rings. The van der Waals surface area contributed by atoms with Crippen LogP contribution in [0.1, 0.15) is 0 Å². The minimum absolute atomic E-state index is 0.0961. The van der Waals surface area contributed by atoms with Crippen molar-refractivity contribution in [3.05, 3.63) is 54.1 Å². The van der Waals surface area contributed by atoms with E-state index in [0.29, 0.717) is 6.07 Å². The van der Waals surface area contributed by atoms with Gasteiger partial charge in [0.2, 0.25) is 0 Å². The van der Waals surface area contributed by atoms with Crippen molar-refractivity contribution >= 4 is 0 Å². The second-order valence-corrected chi connectivity index (χ2v) is 3.65. The molecule has 0 N–H and O–H groups in total. The molecule has 0 saturated carbocycles. The topological polar surface area (TPSA) is 9.23 Å². The zero-order valence-corrected chi connectivity index (χ0v) is 9.34. The molecule has 100 valence electrons. The molecule has 0 atom stereocenters. The highest BCUT2D eigenvalue weighted by Crippen LogP contribution is 2.36. The monoisotopic (exact) mass is 274 g/mol. The van der Waals surface area contributed by atoms with Gasteiger partial charge in [-0.15, -0.1) is 13.2 Å². The van der Waals surface area contributed by atoms with Gasteiger partial charge in [-0.3, -0.25) is 0 Å². The normalized spacial score (nSPS) is 11.4. The molecule has 2 aromatic rings. The quantitative estimate of drug-likeness (QED) is 0.731. The first-order chi connectivity index (χ1) is 8.88. The van der Waals surface area contributed by atoms with Gasteiger partial charge in [-0.25, -0.2) is 8.78 Å². The van der Waals surface area contributed by atoms with E-state index in [1.54, 1.807) is 6.07 Å². The van der Waals surface area contributed by atoms with Gasteiger partial charge < -0.3 is 4.74 Å². The Morgan fingerprint density at radius 2 is 1.47 bits per heavy atom. The summed E-state index contributed by atoms with van der Waals surface area (Å²) in [5, 5.41) is 0. The van der Waals surface area contributed by atoms with Gasteiger partial charge in [-0.2, -0.15) is 0 Å². The van der Waals surface area contributed by atoms with E-state index in [1.807, 2.05) is 0 Å². The highest BCUT2D eigenvalue weighted by atomic mass is 19.4. The van der Waals surface area contributed by atoms with Crippen LogP contribution in [0.25, 0.3) is 11.1 Å². The van der Waals surface area contributed by atoms with Crippen LogP contribution in [0.15, 0.2) is 42.5 Å². The molecule has 1 nitrogen and oxygen atoms in total. The summed E-state index contributed by atoms with van der Waals surface area (Å²) >= 11 is 0. The summed E-state index contributed by atoms with van der Waals surface area (Å²) in [6.07, 6.45) is -4.98. The Morgan fingerprint density at radius 3 is 2.05 bits per heavy atom. The van der Waals surface area contributed by atoms with E-state index >= 15 is 0 Å². The molecule has 0 bridgehead atoms. The predicted octanol–water partition coefficient (Wildman–Crippen LogP) is 4.53. The Morgan fingerprint density at radius 1 is 0.842 bits per heavy atom. The van der Waals surface area contributed by atoms with E-state index < -0.39 is 29.3 Å². The van der Waals surface area contributed by atoms with E-state index in [9.17, 15) is 22.0 Å². The van der Waals surface area contributed by atoms with Gasteiger partial charge in [0, 0.05) is 0 Å². The summed E-state index contributed by atoms with van der Waals surface area (Å²) < 4.78 is 67.3. The Kier molecular flexibility index (Phi) is 3.42. The van der Waals surface area contributed by atoms with Crippen LogP contribution in [0.4, 0.5) is 22.0 Å². The lowest BCUT2D eigenvalue weighted by atomic mass is 10.0. The molecule has 0 radical (unpaired) electrons. The summed E-state index contributed by atoms with van der Waals surface area (Å²) in [7, 11) is 0. The first kappa shape index (κ1) is 13.3. The molecule has 0 heterocycles. The van der Waals surface area contributed by atoms with Crippen LogP contribution >= 0.6 is 0 Å². The van der Waals surface area contributed by atoms with Crippen LogP contribution in [0.2, 0.25) is 0 Å². The van der Waals surface area contributed by atoms with Gasteiger partial charge in [-0.05, 0) is 17.7 Å². The summed E-state index contributed by atoms with van der Waals surface area (Å²) in [4.78, 5) is 0. The number of halogens is 5. The van der Waals surface area contributed by atoms with Crippen molar-refractivity contribution in [2.45, 2.75) is 6.36 Å². The molecule has 19 heavy (non-hydrogen) atoms. The van der Waals surface area contributed by atoms with Gasteiger partial charge in [0.05, 0.1) is 5.56 Å². The van der Waals surface area contributed by atoms with Crippen LogP contribution in [0.3, 0.4) is 0 Å². The largest absolute Gasteiger partial charge is 0.573 e. The number of alkyl halides is 3. The molecule has 0 fully saturated rings. The van der Waals surface area contributed by atoms with Crippen molar-refractivity contribution in [1.82, 2.24) is 0 Å². The fourth-order valence-corrected chi connectivity index (χ4v) is 1.62. The van der Waals surface area contributed by atoms with Gasteiger partial charge in [-0.1, -0.05) is 30.3 Å². The average molecular weight is 274 g/mol. The van der Waals surface area contributed by atoms with Crippen LogP contribution in [0.5, 0.6) is 5.75 Å². The summed E-state index contributed by atoms with van der Waals surface area (Å²) in [6, 6.07) is 8.65. The van der Waals surface area contributed by atoms with E-state index in [1.165, 1.54) is 24.3 Å². The number of hydrogen-bond acceptors (Lipinski definition) is 1. The van der Waals surface area contributed by atoms with E-state index in [4.69, 9.17) is 0 Å². The molecular weight excluding hydrogens is 267 g/mol. The highest BCUT2D eigenvalue weighted by Gasteiger charge is 2.33. The third-order valence-corrected chi connectivity index (χ3v) is 2.34. The number of ether oxygens (including phenoxy) is 1. The lowest BCUT2D eigenvalue weighted by molar-refractivity contribution is -0.274. The fourth-order valence-electron chi connectivity index (χ4n) is 1.62. The van der Waals surface area contributed by atoms with Gasteiger partial charge in [0.15, 0.2) is 11.6 Å². The lowest BCUT2D eigenvalue weighted by Crippen LogP contribution is -2.18. The van der Waals surface area contributed by atoms with Crippen molar-refractivity contribution in [3.63, 3.8) is 0 Å². The maximum atomic E-state index is 13.7. The fraction of sp³-hybridized carbons (Fsp3) is 0.0769. The minimum Gasteiger partial charge on any atom is -0.405 e. The lowest BCUT2D eigenvalue weighted by Gasteiger charge is -2.14. The SMILES string of the molecule is Fc1ccc(OC(F)(F)F)c(-c2ccccc2)c1F. The first-order valence-electron chi connectivity index (χ1n) is 5.17. The second-order valence-electron chi connectivity index (χ2n) is 3.65. The summed E-state index contributed by atoms with van der Waals surface area (Å²) in [5.74, 6) is -3.40. The molecule has 0 unspecified atom stereocenters. The molecule has 0 spiro atoms. The van der Waals surface area contributed by atoms with Gasteiger partial charge in [0.1, 0.15) is 5.75 Å². The Balaban J connectivity index is 2.59. The zero-order valence-electron chi connectivity index (χ0n) is 9.34. The van der Waals surface area contributed by atoms with Crippen molar-refractivity contribution in [1.29, 1.82) is 0 Å². The summed E-state index contributed by atoms with van der Waals surface area (Å²) in [6.45, 7) is 0. The first-order valence-corrected chi connectivity index (χ1v) is 5.17. The van der Waals surface area contributed by atoms with E-state index in [2.05, 4.69) is 4.74 Å². The van der Waals surface area contributed by atoms with Gasteiger partial charge >= 0.3 is 6.36 Å². The van der Waals surface area contributed by atoms with E-state index in [-0.39, 0.29) is 5.56 Å². The highest BCUT2D eigenvalue weighted by molar-refractivity contribution is 5.71. The predicted molar refractivity (Wildman–Crippen MR) is 58.5 cm³/mol.